The molecule has 9 aromatic rings. The molecule has 0 saturated heterocycles. The van der Waals surface area contributed by atoms with Gasteiger partial charge in [-0.25, -0.2) is 0 Å². The Morgan fingerprint density at radius 2 is 0.932 bits per heavy atom. The Morgan fingerprint density at radius 1 is 0.341 bits per heavy atom. The number of hydrogen-bond acceptors (Lipinski definition) is 2. The van der Waals surface area contributed by atoms with Crippen molar-refractivity contribution >= 4 is 71.3 Å². The van der Waals surface area contributed by atoms with E-state index in [1.54, 1.807) is 0 Å². The zero-order valence-electron chi connectivity index (χ0n) is 23.9. The van der Waals surface area contributed by atoms with Crippen molar-refractivity contribution in [1.82, 2.24) is 0 Å². The molecule has 1 aromatic heterocycles. The zero-order valence-corrected chi connectivity index (χ0v) is 23.9. The molecule has 0 unspecified atom stereocenters. The van der Waals surface area contributed by atoms with Crippen molar-refractivity contribution in [3.8, 4) is 11.1 Å². The minimum Gasteiger partial charge on any atom is -0.456 e. The fourth-order valence-corrected chi connectivity index (χ4v) is 6.60. The Bertz CT molecular complexity index is 2520. The fourth-order valence-electron chi connectivity index (χ4n) is 6.60. The van der Waals surface area contributed by atoms with E-state index in [9.17, 15) is 0 Å². The van der Waals surface area contributed by atoms with Crippen molar-refractivity contribution in [2.45, 2.75) is 0 Å². The minimum atomic E-state index is 0.893. The lowest BCUT2D eigenvalue weighted by Crippen LogP contribution is -2.10. The smallest absolute Gasteiger partial charge is 0.135 e. The molecule has 9 rings (SSSR count). The molecule has 0 N–H and O–H groups in total. The van der Waals surface area contributed by atoms with Gasteiger partial charge in [-0.15, -0.1) is 0 Å². The van der Waals surface area contributed by atoms with Crippen LogP contribution in [-0.4, -0.2) is 0 Å². The number of benzene rings is 8. The highest BCUT2D eigenvalue weighted by molar-refractivity contribution is 6.08. The summed E-state index contributed by atoms with van der Waals surface area (Å²) in [6.07, 6.45) is 0. The molecule has 0 bridgehead atoms. The number of furan rings is 1. The quantitative estimate of drug-likeness (QED) is 0.212. The normalized spacial score (nSPS) is 11.6. The number of fused-ring (bicyclic) bond motifs is 6. The van der Waals surface area contributed by atoms with Crippen LogP contribution in [0.2, 0.25) is 0 Å². The molecule has 44 heavy (non-hydrogen) atoms. The largest absolute Gasteiger partial charge is 0.456 e. The first-order chi connectivity index (χ1) is 21.8. The Morgan fingerprint density at radius 3 is 1.77 bits per heavy atom. The van der Waals surface area contributed by atoms with Gasteiger partial charge < -0.3 is 9.32 Å². The van der Waals surface area contributed by atoms with Gasteiger partial charge in [-0.2, -0.15) is 0 Å². The van der Waals surface area contributed by atoms with E-state index in [2.05, 4.69) is 157 Å². The van der Waals surface area contributed by atoms with Crippen LogP contribution < -0.4 is 4.90 Å². The van der Waals surface area contributed by atoms with Crippen molar-refractivity contribution in [3.63, 3.8) is 0 Å². The summed E-state index contributed by atoms with van der Waals surface area (Å²) in [6.45, 7) is 0. The molecule has 0 aliphatic rings. The molecule has 0 fully saturated rings. The lowest BCUT2D eigenvalue weighted by atomic mass is 9.97. The lowest BCUT2D eigenvalue weighted by molar-refractivity contribution is 0.669. The Balaban J connectivity index is 1.29. The number of nitrogens with zero attached hydrogens (tertiary/aromatic N) is 1. The number of anilines is 3. The number of hydrogen-bond donors (Lipinski definition) is 0. The topological polar surface area (TPSA) is 16.4 Å². The zero-order chi connectivity index (χ0) is 29.0. The van der Waals surface area contributed by atoms with E-state index in [4.69, 9.17) is 4.42 Å². The van der Waals surface area contributed by atoms with E-state index in [1.807, 2.05) is 12.1 Å². The molecule has 0 aliphatic heterocycles. The lowest BCUT2D eigenvalue weighted by Gasteiger charge is -2.27. The summed E-state index contributed by atoms with van der Waals surface area (Å²) in [7, 11) is 0. The second kappa shape index (κ2) is 9.86. The van der Waals surface area contributed by atoms with Crippen molar-refractivity contribution < 1.29 is 4.42 Å². The summed E-state index contributed by atoms with van der Waals surface area (Å²) >= 11 is 0. The van der Waals surface area contributed by atoms with Gasteiger partial charge in [-0.05, 0) is 92.7 Å². The number of para-hydroxylation sites is 1. The van der Waals surface area contributed by atoms with E-state index >= 15 is 0 Å². The van der Waals surface area contributed by atoms with Gasteiger partial charge in [0.25, 0.3) is 0 Å². The van der Waals surface area contributed by atoms with Crippen LogP contribution in [0.1, 0.15) is 0 Å². The summed E-state index contributed by atoms with van der Waals surface area (Å²) in [5, 5.41) is 9.57. The van der Waals surface area contributed by atoms with Crippen LogP contribution in [-0.2, 0) is 0 Å². The van der Waals surface area contributed by atoms with Gasteiger partial charge in [-0.1, -0.05) is 109 Å². The van der Waals surface area contributed by atoms with Gasteiger partial charge in [0, 0.05) is 27.5 Å². The predicted octanol–water partition coefficient (Wildman–Crippen LogP) is 12.2. The molecule has 2 nitrogen and oxygen atoms in total. The summed E-state index contributed by atoms with van der Waals surface area (Å²) < 4.78 is 6.20. The Labute approximate surface area is 255 Å². The third-order valence-electron chi connectivity index (χ3n) is 8.79. The third kappa shape index (κ3) is 4.04. The Kier molecular flexibility index (Phi) is 5.54. The fraction of sp³-hybridized carbons (Fsp3) is 0. The molecule has 206 valence electrons. The highest BCUT2D eigenvalue weighted by atomic mass is 16.3. The second-order valence-corrected chi connectivity index (χ2v) is 11.4. The van der Waals surface area contributed by atoms with E-state index in [0.29, 0.717) is 0 Å². The van der Waals surface area contributed by atoms with Gasteiger partial charge >= 0.3 is 0 Å². The van der Waals surface area contributed by atoms with Crippen molar-refractivity contribution in [1.29, 1.82) is 0 Å². The van der Waals surface area contributed by atoms with Crippen molar-refractivity contribution in [2.75, 3.05) is 4.90 Å². The molecule has 8 aromatic carbocycles. The van der Waals surface area contributed by atoms with Crippen LogP contribution in [0.4, 0.5) is 17.1 Å². The number of rotatable bonds is 4. The van der Waals surface area contributed by atoms with E-state index in [0.717, 1.165) is 39.0 Å². The maximum Gasteiger partial charge on any atom is 0.135 e. The molecule has 0 radical (unpaired) electrons. The first-order valence-electron chi connectivity index (χ1n) is 15.0. The van der Waals surface area contributed by atoms with E-state index < -0.39 is 0 Å². The van der Waals surface area contributed by atoms with Gasteiger partial charge in [0.05, 0.1) is 5.69 Å². The Hall–Kier alpha value is -5.86. The summed E-state index contributed by atoms with van der Waals surface area (Å²) in [5.74, 6) is 0. The van der Waals surface area contributed by atoms with Gasteiger partial charge in [0.2, 0.25) is 0 Å². The third-order valence-corrected chi connectivity index (χ3v) is 8.79. The van der Waals surface area contributed by atoms with Crippen LogP contribution >= 0.6 is 0 Å². The van der Waals surface area contributed by atoms with Crippen LogP contribution in [0.5, 0.6) is 0 Å². The maximum absolute atomic E-state index is 6.20. The molecule has 1 heterocycles. The molecule has 0 amide bonds. The first-order valence-corrected chi connectivity index (χ1v) is 15.0. The van der Waals surface area contributed by atoms with Crippen molar-refractivity contribution in [3.05, 3.63) is 164 Å². The second-order valence-electron chi connectivity index (χ2n) is 11.4. The van der Waals surface area contributed by atoms with E-state index in [1.165, 1.54) is 43.4 Å². The maximum atomic E-state index is 6.20. The monoisotopic (exact) mass is 561 g/mol. The molecule has 0 atom stereocenters. The average Bonchev–Trinajstić information content (AvgIpc) is 3.46. The van der Waals surface area contributed by atoms with Crippen LogP contribution in [0.3, 0.4) is 0 Å². The molecule has 0 aliphatic carbocycles. The predicted molar refractivity (Wildman–Crippen MR) is 186 cm³/mol. The van der Waals surface area contributed by atoms with Crippen LogP contribution in [0, 0.1) is 0 Å². The van der Waals surface area contributed by atoms with E-state index in [-0.39, 0.29) is 0 Å². The highest BCUT2D eigenvalue weighted by Crippen LogP contribution is 2.43. The first kappa shape index (κ1) is 24.7. The standard InChI is InChI=1S/C42H27NO/c1-3-10-31-24-33(18-16-28(31)8-1)34-19-17-30-12-7-14-40(38(30)26-34)43(35-21-20-29-9-2-4-11-32(29)25-35)36-22-23-42-39(27-36)37-13-5-6-15-41(37)44-42/h1-27H. The van der Waals surface area contributed by atoms with Gasteiger partial charge in [0.1, 0.15) is 11.2 Å². The molecular formula is C42H27NO. The molecule has 2 heteroatoms. The van der Waals surface area contributed by atoms with Crippen LogP contribution in [0.15, 0.2) is 168 Å². The summed E-state index contributed by atoms with van der Waals surface area (Å²) in [4.78, 5) is 2.39. The van der Waals surface area contributed by atoms with Crippen LogP contribution in [0.25, 0.3) is 65.4 Å². The van der Waals surface area contributed by atoms with Crippen molar-refractivity contribution in [2.24, 2.45) is 0 Å². The SMILES string of the molecule is c1ccc2cc(-c3ccc4cccc(N(c5ccc6ccccc6c5)c5ccc6oc7ccccc7c6c5)c4c3)ccc2c1. The van der Waals surface area contributed by atoms with Gasteiger partial charge in [-0.3, -0.25) is 0 Å². The highest BCUT2D eigenvalue weighted by Gasteiger charge is 2.18. The molecule has 0 spiro atoms. The van der Waals surface area contributed by atoms with Gasteiger partial charge in [0.15, 0.2) is 0 Å². The molecular weight excluding hydrogens is 534 g/mol. The average molecular weight is 562 g/mol. The summed E-state index contributed by atoms with van der Waals surface area (Å²) in [5.41, 5.74) is 7.54. The summed E-state index contributed by atoms with van der Waals surface area (Å²) in [6, 6.07) is 58.8. The molecule has 0 saturated carbocycles. The minimum absolute atomic E-state index is 0.893.